The summed E-state index contributed by atoms with van der Waals surface area (Å²) in [5.41, 5.74) is -0.0176. The van der Waals surface area contributed by atoms with Crippen LogP contribution in [0.2, 0.25) is 0 Å². The van der Waals surface area contributed by atoms with Crippen molar-refractivity contribution in [1.82, 2.24) is 20.1 Å². The molecule has 3 heterocycles. The van der Waals surface area contributed by atoms with E-state index in [4.69, 9.17) is 4.74 Å². The molecule has 1 aliphatic heterocycles. The maximum atomic E-state index is 14.5. The van der Waals surface area contributed by atoms with Crippen LogP contribution in [0, 0.1) is 0 Å². The van der Waals surface area contributed by atoms with Crippen LogP contribution in [-0.4, -0.2) is 58.2 Å². The highest BCUT2D eigenvalue weighted by atomic mass is 19.3. The Hall–Kier alpha value is -2.88. The number of carbonyl (C=O) groups excluding carboxylic acids is 1. The summed E-state index contributed by atoms with van der Waals surface area (Å²) < 4.78 is 33.8. The number of likely N-dealkylation sites (tertiary alicyclic amines) is 1. The number of carbonyl (C=O) groups is 1. The predicted molar refractivity (Wildman–Crippen MR) is 97.6 cm³/mol. The van der Waals surface area contributed by atoms with Crippen molar-refractivity contribution in [1.29, 1.82) is 0 Å². The number of ether oxygens (including phenoxy) is 1. The van der Waals surface area contributed by atoms with Gasteiger partial charge in [-0.05, 0) is 18.6 Å². The Balaban J connectivity index is 1.70. The molecule has 0 bridgehead atoms. The van der Waals surface area contributed by atoms with Gasteiger partial charge in [-0.3, -0.25) is 14.5 Å². The van der Waals surface area contributed by atoms with Gasteiger partial charge in [0.05, 0.1) is 19.1 Å². The van der Waals surface area contributed by atoms with Gasteiger partial charge < -0.3 is 15.0 Å². The number of H-pyrrole nitrogens is 1. The molecule has 0 saturated carbocycles. The molecule has 0 radical (unpaired) electrons. The molecule has 150 valence electrons. The largest absolute Gasteiger partial charge is 0.480 e. The fraction of sp³-hybridized carbons (Fsp3) is 0.444. The van der Waals surface area contributed by atoms with E-state index in [0.29, 0.717) is 11.4 Å². The topological polar surface area (TPSA) is 100 Å². The van der Waals surface area contributed by atoms with Crippen LogP contribution >= 0.6 is 0 Å². The highest BCUT2D eigenvalue weighted by molar-refractivity contribution is 5.93. The molecule has 0 aromatic carbocycles. The second-order valence-electron chi connectivity index (χ2n) is 6.67. The summed E-state index contributed by atoms with van der Waals surface area (Å²) >= 11 is 0. The van der Waals surface area contributed by atoms with E-state index in [9.17, 15) is 18.4 Å². The van der Waals surface area contributed by atoms with Gasteiger partial charge in [-0.25, -0.2) is 8.78 Å². The third-order valence-corrected chi connectivity index (χ3v) is 4.90. The van der Waals surface area contributed by atoms with E-state index in [1.165, 1.54) is 25.4 Å². The summed E-state index contributed by atoms with van der Waals surface area (Å²) in [5.74, 6) is -3.85. The van der Waals surface area contributed by atoms with E-state index in [0.717, 1.165) is 0 Å². The smallest absolute Gasteiger partial charge is 0.257 e. The van der Waals surface area contributed by atoms with Gasteiger partial charge in [0.2, 0.25) is 17.3 Å². The summed E-state index contributed by atoms with van der Waals surface area (Å²) in [6, 6.07) is 5.08. The first-order valence-corrected chi connectivity index (χ1v) is 8.79. The summed E-state index contributed by atoms with van der Waals surface area (Å²) in [5, 5.41) is 10.2. The number of methoxy groups -OCH3 is 1. The van der Waals surface area contributed by atoms with E-state index in [1.807, 2.05) is 0 Å². The van der Waals surface area contributed by atoms with Crippen LogP contribution in [0.1, 0.15) is 24.8 Å². The van der Waals surface area contributed by atoms with Crippen molar-refractivity contribution < 1.29 is 18.3 Å². The molecule has 2 aromatic rings. The standard InChI is InChI=1S/C18H21F2N5O3/c1-11(17(27)22-14-4-6-16(28-2)24-23-14)25-8-7-18(19,20)13(10-25)12-3-5-15(26)21-9-12/h3-6,9,11,13H,7-8,10H2,1-2H3,(H,21,26)(H,22,23,27)/t11?,13-/m1/s1. The molecule has 1 fully saturated rings. The Morgan fingerprint density at radius 1 is 1.36 bits per heavy atom. The van der Waals surface area contributed by atoms with E-state index in [1.54, 1.807) is 24.0 Å². The van der Waals surface area contributed by atoms with Gasteiger partial charge in [-0.1, -0.05) is 6.07 Å². The monoisotopic (exact) mass is 393 g/mol. The van der Waals surface area contributed by atoms with Gasteiger partial charge in [-0.2, -0.15) is 0 Å². The molecule has 2 N–H and O–H groups in total. The first-order valence-electron chi connectivity index (χ1n) is 8.79. The molecule has 1 amide bonds. The summed E-state index contributed by atoms with van der Waals surface area (Å²) in [6.45, 7) is 1.72. The number of aromatic nitrogens is 3. The Morgan fingerprint density at radius 2 is 2.14 bits per heavy atom. The van der Waals surface area contributed by atoms with Crippen molar-refractivity contribution in [3.8, 4) is 5.88 Å². The number of piperidine rings is 1. The number of rotatable bonds is 5. The minimum absolute atomic E-state index is 0.0120. The maximum Gasteiger partial charge on any atom is 0.257 e. The van der Waals surface area contributed by atoms with Crippen LogP contribution in [0.4, 0.5) is 14.6 Å². The van der Waals surface area contributed by atoms with Gasteiger partial charge in [0.1, 0.15) is 0 Å². The van der Waals surface area contributed by atoms with Gasteiger partial charge in [-0.15, -0.1) is 10.2 Å². The highest BCUT2D eigenvalue weighted by Crippen LogP contribution is 2.40. The number of aromatic amines is 1. The Bertz CT molecular complexity index is 867. The summed E-state index contributed by atoms with van der Waals surface area (Å²) in [6.07, 6.45) is 0.929. The zero-order valence-electron chi connectivity index (χ0n) is 15.5. The van der Waals surface area contributed by atoms with Crippen LogP contribution in [0.15, 0.2) is 35.3 Å². The Kier molecular flexibility index (Phi) is 5.68. The molecule has 2 atom stereocenters. The lowest BCUT2D eigenvalue weighted by Crippen LogP contribution is -2.52. The Labute approximate surface area is 159 Å². The molecule has 3 rings (SSSR count). The molecule has 1 saturated heterocycles. The molecular weight excluding hydrogens is 372 g/mol. The third-order valence-electron chi connectivity index (χ3n) is 4.90. The number of anilines is 1. The van der Waals surface area contributed by atoms with Crippen molar-refractivity contribution in [3.63, 3.8) is 0 Å². The number of nitrogens with one attached hydrogen (secondary N) is 2. The zero-order valence-corrected chi connectivity index (χ0v) is 15.5. The molecule has 1 aliphatic rings. The minimum Gasteiger partial charge on any atom is -0.480 e. The second kappa shape index (κ2) is 8.01. The number of alkyl halides is 2. The molecule has 0 spiro atoms. The Morgan fingerprint density at radius 3 is 2.75 bits per heavy atom. The van der Waals surface area contributed by atoms with Crippen molar-refractivity contribution in [2.24, 2.45) is 0 Å². The van der Waals surface area contributed by atoms with Crippen molar-refractivity contribution >= 4 is 11.7 Å². The third kappa shape index (κ3) is 4.33. The van der Waals surface area contributed by atoms with Crippen molar-refractivity contribution in [2.75, 3.05) is 25.5 Å². The van der Waals surface area contributed by atoms with E-state index in [2.05, 4.69) is 20.5 Å². The minimum atomic E-state index is -2.92. The lowest BCUT2D eigenvalue weighted by molar-refractivity contribution is -0.125. The number of halogens is 2. The molecule has 8 nitrogen and oxygen atoms in total. The van der Waals surface area contributed by atoms with Crippen LogP contribution in [0.5, 0.6) is 5.88 Å². The first kappa shape index (κ1) is 19.9. The van der Waals surface area contributed by atoms with E-state index in [-0.39, 0.29) is 36.8 Å². The van der Waals surface area contributed by atoms with Crippen molar-refractivity contribution in [2.45, 2.75) is 31.2 Å². The van der Waals surface area contributed by atoms with Gasteiger partial charge in [0.15, 0.2) is 5.82 Å². The van der Waals surface area contributed by atoms with Gasteiger partial charge in [0, 0.05) is 37.8 Å². The molecule has 0 aliphatic carbocycles. The quantitative estimate of drug-likeness (QED) is 0.801. The second-order valence-corrected chi connectivity index (χ2v) is 6.67. The lowest BCUT2D eigenvalue weighted by Gasteiger charge is -2.40. The van der Waals surface area contributed by atoms with Crippen LogP contribution in [0.25, 0.3) is 0 Å². The highest BCUT2D eigenvalue weighted by Gasteiger charge is 2.46. The average Bonchev–Trinajstić information content (AvgIpc) is 2.69. The average molecular weight is 393 g/mol. The van der Waals surface area contributed by atoms with Crippen LogP contribution < -0.4 is 15.6 Å². The molecule has 1 unspecified atom stereocenters. The van der Waals surface area contributed by atoms with E-state index < -0.39 is 17.9 Å². The molecule has 2 aromatic heterocycles. The molecular formula is C18H21F2N5O3. The fourth-order valence-corrected chi connectivity index (χ4v) is 3.16. The zero-order chi connectivity index (χ0) is 20.3. The number of hydrogen-bond acceptors (Lipinski definition) is 6. The molecule has 10 heteroatoms. The predicted octanol–water partition coefficient (Wildman–Crippen LogP) is 1.63. The SMILES string of the molecule is COc1ccc(NC(=O)C(C)N2CCC(F)(F)[C@@H](c3ccc(=O)[nH]c3)C2)nn1. The van der Waals surface area contributed by atoms with Crippen molar-refractivity contribution in [3.05, 3.63) is 46.4 Å². The van der Waals surface area contributed by atoms with Gasteiger partial charge in [0.25, 0.3) is 5.92 Å². The number of nitrogens with zero attached hydrogens (tertiary/aromatic N) is 3. The number of amides is 1. The van der Waals surface area contributed by atoms with Crippen LogP contribution in [0.3, 0.4) is 0 Å². The van der Waals surface area contributed by atoms with E-state index >= 15 is 0 Å². The maximum absolute atomic E-state index is 14.5. The van der Waals surface area contributed by atoms with Gasteiger partial charge >= 0.3 is 0 Å². The number of pyridine rings is 1. The first-order chi connectivity index (χ1) is 13.3. The lowest BCUT2D eigenvalue weighted by atomic mass is 9.87. The summed E-state index contributed by atoms with van der Waals surface area (Å²) in [4.78, 5) is 27.9. The normalized spacial score (nSPS) is 20.4. The fourth-order valence-electron chi connectivity index (χ4n) is 3.16. The summed E-state index contributed by atoms with van der Waals surface area (Å²) in [7, 11) is 1.45. The molecule has 28 heavy (non-hydrogen) atoms. The van der Waals surface area contributed by atoms with Crippen LogP contribution in [-0.2, 0) is 4.79 Å². The number of hydrogen-bond donors (Lipinski definition) is 2.